The van der Waals surface area contributed by atoms with E-state index in [9.17, 15) is 8.96 Å². The van der Waals surface area contributed by atoms with Crippen LogP contribution in [0.5, 0.6) is 5.75 Å². The van der Waals surface area contributed by atoms with Crippen molar-refractivity contribution in [2.75, 3.05) is 42.5 Å². The number of hydrogen-bond donors (Lipinski definition) is 3. The van der Waals surface area contributed by atoms with Gasteiger partial charge in [0, 0.05) is 30.7 Å². The number of hydrogen-bond acceptors (Lipinski definition) is 7. The number of ether oxygens (including phenoxy) is 1. The van der Waals surface area contributed by atoms with Gasteiger partial charge in [0.15, 0.2) is 5.82 Å². The van der Waals surface area contributed by atoms with E-state index in [2.05, 4.69) is 20.6 Å². The van der Waals surface area contributed by atoms with Crippen LogP contribution in [-0.4, -0.2) is 40.6 Å². The molecule has 2 aromatic heterocycles. The van der Waals surface area contributed by atoms with Gasteiger partial charge in [-0.25, -0.2) is 9.37 Å². The van der Waals surface area contributed by atoms with E-state index in [1.54, 1.807) is 37.4 Å². The molecule has 202 valence electrons. The largest absolute Gasteiger partial charge is 0.494 e. The lowest BCUT2D eigenvalue weighted by Crippen LogP contribution is -2.02. The molecule has 2 aromatic carbocycles. The SMILES string of the molecule is CCP(C)(=O)CC.COc1cc(N)ccc1Nc1nc(Nc2ccn(Cc3ccc(F)cc3)c2)ncc1Cl. The predicted octanol–water partition coefficient (Wildman–Crippen LogP) is 7.22. The van der Waals surface area contributed by atoms with Crippen LogP contribution in [-0.2, 0) is 11.1 Å². The van der Waals surface area contributed by atoms with Crippen molar-refractivity contribution in [1.82, 2.24) is 14.5 Å². The molecule has 8 nitrogen and oxygen atoms in total. The van der Waals surface area contributed by atoms with E-state index in [0.717, 1.165) is 23.6 Å². The highest BCUT2D eigenvalue weighted by atomic mass is 35.5. The van der Waals surface area contributed by atoms with Gasteiger partial charge in [-0.05, 0) is 54.9 Å². The van der Waals surface area contributed by atoms with Crippen LogP contribution in [0.2, 0.25) is 5.02 Å². The van der Waals surface area contributed by atoms with E-state index in [0.29, 0.717) is 40.5 Å². The Balaban J connectivity index is 0.000000505. The predicted molar refractivity (Wildman–Crippen MR) is 156 cm³/mol. The highest BCUT2D eigenvalue weighted by Gasteiger charge is 2.11. The Bertz CT molecular complexity index is 1390. The number of nitrogens with two attached hydrogens (primary N) is 1. The molecule has 4 aromatic rings. The first-order valence-corrected chi connectivity index (χ1v) is 15.0. The first-order chi connectivity index (χ1) is 18.1. The molecule has 4 N–H and O–H groups in total. The van der Waals surface area contributed by atoms with Gasteiger partial charge in [0.2, 0.25) is 5.95 Å². The van der Waals surface area contributed by atoms with E-state index >= 15 is 0 Å². The normalized spacial score (nSPS) is 10.9. The molecule has 0 saturated heterocycles. The van der Waals surface area contributed by atoms with E-state index < -0.39 is 7.14 Å². The van der Waals surface area contributed by atoms with Crippen LogP contribution in [0.4, 0.5) is 33.2 Å². The van der Waals surface area contributed by atoms with E-state index in [1.807, 2.05) is 43.5 Å². The molecule has 0 fully saturated rings. The van der Waals surface area contributed by atoms with Crippen molar-refractivity contribution >= 4 is 47.6 Å². The number of rotatable bonds is 9. The highest BCUT2D eigenvalue weighted by molar-refractivity contribution is 7.63. The van der Waals surface area contributed by atoms with Gasteiger partial charge < -0.3 is 30.2 Å². The van der Waals surface area contributed by atoms with Gasteiger partial charge >= 0.3 is 0 Å². The summed E-state index contributed by atoms with van der Waals surface area (Å²) in [4.78, 5) is 8.70. The fraction of sp³-hybridized carbons (Fsp3) is 0.259. The van der Waals surface area contributed by atoms with Crippen molar-refractivity contribution in [2.45, 2.75) is 20.4 Å². The molecule has 4 rings (SSSR count). The number of anilines is 5. The first kappa shape index (κ1) is 29.0. The average molecular weight is 559 g/mol. The maximum absolute atomic E-state index is 13.1. The zero-order valence-corrected chi connectivity index (χ0v) is 23.6. The van der Waals surface area contributed by atoms with Crippen molar-refractivity contribution in [2.24, 2.45) is 0 Å². The fourth-order valence-electron chi connectivity index (χ4n) is 3.22. The van der Waals surface area contributed by atoms with Crippen LogP contribution in [0.1, 0.15) is 19.4 Å². The molecule has 0 aliphatic heterocycles. The molecule has 0 atom stereocenters. The minimum absolute atomic E-state index is 0.250. The molecule has 0 spiro atoms. The number of nitrogens with one attached hydrogen (secondary N) is 2. The van der Waals surface area contributed by atoms with Gasteiger partial charge in [0.05, 0.1) is 31.8 Å². The summed E-state index contributed by atoms with van der Waals surface area (Å²) in [7, 11) is -0.0937. The number of nitrogen functional groups attached to an aromatic ring is 1. The summed E-state index contributed by atoms with van der Waals surface area (Å²) >= 11 is 6.27. The van der Waals surface area contributed by atoms with Gasteiger partial charge in [0.1, 0.15) is 16.6 Å². The second kappa shape index (κ2) is 13.3. The van der Waals surface area contributed by atoms with Gasteiger partial charge in [-0.1, -0.05) is 37.6 Å². The highest BCUT2D eigenvalue weighted by Crippen LogP contribution is 2.39. The molecule has 0 aliphatic rings. The van der Waals surface area contributed by atoms with Gasteiger partial charge in [-0.3, -0.25) is 0 Å². The third-order valence-corrected chi connectivity index (χ3v) is 8.80. The fourth-order valence-corrected chi connectivity index (χ4v) is 3.81. The molecular weight excluding hydrogens is 526 g/mol. The topological polar surface area (TPSA) is 107 Å². The Kier molecular flexibility index (Phi) is 10.2. The Labute approximate surface area is 227 Å². The molecule has 2 heterocycles. The standard InChI is InChI=1S/C22H20ClFN6O.C5H13OP/c1-31-20-10-16(25)6-7-19(20)28-21-18(23)11-26-22(29-21)27-17-8-9-30(13-17)12-14-2-4-15(24)5-3-14;1-4-7(3,6)5-2/h2-11,13H,12,25H2,1H3,(H2,26,27,28,29);4-5H2,1-3H3. The van der Waals surface area contributed by atoms with Crippen molar-refractivity contribution in [3.8, 4) is 5.75 Å². The lowest BCUT2D eigenvalue weighted by atomic mass is 10.2. The Morgan fingerprint density at radius 1 is 1.11 bits per heavy atom. The Morgan fingerprint density at radius 2 is 1.82 bits per heavy atom. The van der Waals surface area contributed by atoms with Gasteiger partial charge in [-0.2, -0.15) is 4.98 Å². The minimum atomic E-state index is -1.65. The number of aromatic nitrogens is 3. The average Bonchev–Trinajstić information content (AvgIpc) is 3.35. The summed E-state index contributed by atoms with van der Waals surface area (Å²) in [6.07, 6.45) is 7.04. The molecule has 0 unspecified atom stereocenters. The van der Waals surface area contributed by atoms with Crippen molar-refractivity contribution in [1.29, 1.82) is 0 Å². The van der Waals surface area contributed by atoms with Crippen molar-refractivity contribution in [3.05, 3.63) is 83.5 Å². The van der Waals surface area contributed by atoms with Crippen LogP contribution in [0, 0.1) is 5.82 Å². The molecule has 0 amide bonds. The zero-order valence-electron chi connectivity index (χ0n) is 21.9. The lowest BCUT2D eigenvalue weighted by molar-refractivity contribution is 0.417. The number of nitrogens with zero attached hydrogens (tertiary/aromatic N) is 3. The molecule has 0 radical (unpaired) electrons. The third kappa shape index (κ3) is 8.50. The molecule has 0 bridgehead atoms. The van der Waals surface area contributed by atoms with Crippen LogP contribution in [0.3, 0.4) is 0 Å². The third-order valence-electron chi connectivity index (χ3n) is 5.85. The summed E-state index contributed by atoms with van der Waals surface area (Å²) in [6.45, 7) is 6.43. The Morgan fingerprint density at radius 3 is 2.45 bits per heavy atom. The summed E-state index contributed by atoms with van der Waals surface area (Å²) in [5.74, 6) is 1.12. The summed E-state index contributed by atoms with van der Waals surface area (Å²) in [5, 5.41) is 6.67. The second-order valence-corrected chi connectivity index (χ2v) is 13.0. The maximum Gasteiger partial charge on any atom is 0.229 e. The van der Waals surface area contributed by atoms with Crippen LogP contribution >= 0.6 is 18.7 Å². The first-order valence-electron chi connectivity index (χ1n) is 12.1. The quantitative estimate of drug-likeness (QED) is 0.147. The maximum atomic E-state index is 13.1. The monoisotopic (exact) mass is 558 g/mol. The number of benzene rings is 2. The molecule has 0 saturated carbocycles. The van der Waals surface area contributed by atoms with Crippen molar-refractivity contribution < 1.29 is 13.7 Å². The minimum Gasteiger partial charge on any atom is -0.494 e. The van der Waals surface area contributed by atoms with Gasteiger partial charge in [0.25, 0.3) is 0 Å². The van der Waals surface area contributed by atoms with Gasteiger partial charge in [-0.15, -0.1) is 0 Å². The van der Waals surface area contributed by atoms with Crippen LogP contribution < -0.4 is 21.1 Å². The molecule has 38 heavy (non-hydrogen) atoms. The van der Waals surface area contributed by atoms with Crippen LogP contribution in [0.15, 0.2) is 67.1 Å². The van der Waals surface area contributed by atoms with Crippen LogP contribution in [0.25, 0.3) is 0 Å². The number of methoxy groups -OCH3 is 1. The van der Waals surface area contributed by atoms with Crippen molar-refractivity contribution in [3.63, 3.8) is 0 Å². The van der Waals surface area contributed by atoms with E-state index in [1.165, 1.54) is 18.3 Å². The summed E-state index contributed by atoms with van der Waals surface area (Å²) < 4.78 is 31.4. The van der Waals surface area contributed by atoms with E-state index in [-0.39, 0.29) is 5.82 Å². The summed E-state index contributed by atoms with van der Waals surface area (Å²) in [5.41, 5.74) is 8.87. The second-order valence-electron chi connectivity index (χ2n) is 8.73. The molecule has 11 heteroatoms. The Hall–Kier alpha value is -3.55. The van der Waals surface area contributed by atoms with E-state index in [4.69, 9.17) is 22.1 Å². The zero-order chi connectivity index (χ0) is 27.7. The lowest BCUT2D eigenvalue weighted by Gasteiger charge is -2.13. The summed E-state index contributed by atoms with van der Waals surface area (Å²) in [6, 6.07) is 13.6. The number of halogens is 2. The molecular formula is C27H33ClFN6O2P. The smallest absolute Gasteiger partial charge is 0.229 e. The molecule has 0 aliphatic carbocycles.